The minimum absolute atomic E-state index is 0.0882. The number of anilines is 3. The number of rotatable bonds is 5. The molecule has 0 saturated heterocycles. The summed E-state index contributed by atoms with van der Waals surface area (Å²) in [5.41, 5.74) is 1.62. The molecule has 1 heterocycles. The first kappa shape index (κ1) is 13.4. The van der Waals surface area contributed by atoms with Crippen molar-refractivity contribution in [1.29, 1.82) is 0 Å². The van der Waals surface area contributed by atoms with E-state index in [0.29, 0.717) is 5.82 Å². The number of ether oxygens (including phenoxy) is 1. The normalized spacial score (nSPS) is 13.6. The van der Waals surface area contributed by atoms with Crippen molar-refractivity contribution < 1.29 is 9.53 Å². The lowest BCUT2D eigenvalue weighted by Crippen LogP contribution is -2.13. The van der Waals surface area contributed by atoms with Crippen LogP contribution in [0.25, 0.3) is 0 Å². The summed E-state index contributed by atoms with van der Waals surface area (Å²) in [4.78, 5) is 15.9. The molecule has 0 atom stereocenters. The van der Waals surface area contributed by atoms with Crippen molar-refractivity contribution in [3.8, 4) is 5.75 Å². The van der Waals surface area contributed by atoms with E-state index < -0.39 is 0 Å². The second kappa shape index (κ2) is 5.83. The molecule has 1 saturated carbocycles. The molecule has 1 fully saturated rings. The Balaban J connectivity index is 1.64. The third-order valence-corrected chi connectivity index (χ3v) is 3.32. The van der Waals surface area contributed by atoms with Gasteiger partial charge in [-0.3, -0.25) is 4.79 Å². The number of hydrogen-bond donors (Lipinski definition) is 2. The Morgan fingerprint density at radius 1 is 1.24 bits per heavy atom. The fraction of sp³-hybridized carbons (Fsp3) is 0.250. The van der Waals surface area contributed by atoms with Gasteiger partial charge < -0.3 is 15.4 Å². The van der Waals surface area contributed by atoms with Crippen LogP contribution in [0, 0.1) is 5.92 Å². The highest BCUT2D eigenvalue weighted by molar-refractivity contribution is 5.93. The SMILES string of the molecule is COc1cccc(Nc2ccc(NC(=O)C3CC3)cn2)c1. The molecule has 1 aliphatic rings. The highest BCUT2D eigenvalue weighted by Gasteiger charge is 2.29. The van der Waals surface area contributed by atoms with Crippen LogP contribution >= 0.6 is 0 Å². The summed E-state index contributed by atoms with van der Waals surface area (Å²) in [6, 6.07) is 11.3. The first-order chi connectivity index (χ1) is 10.2. The molecule has 3 rings (SSSR count). The van der Waals surface area contributed by atoms with Gasteiger partial charge in [-0.05, 0) is 37.1 Å². The largest absolute Gasteiger partial charge is 0.497 e. The van der Waals surface area contributed by atoms with Crippen molar-refractivity contribution in [2.75, 3.05) is 17.7 Å². The average Bonchev–Trinajstić information content (AvgIpc) is 3.34. The van der Waals surface area contributed by atoms with Crippen LogP contribution in [0.2, 0.25) is 0 Å². The van der Waals surface area contributed by atoms with Gasteiger partial charge in [0.15, 0.2) is 0 Å². The van der Waals surface area contributed by atoms with Gasteiger partial charge in [-0.25, -0.2) is 4.98 Å². The minimum Gasteiger partial charge on any atom is -0.497 e. The van der Waals surface area contributed by atoms with Crippen LogP contribution in [0.1, 0.15) is 12.8 Å². The topological polar surface area (TPSA) is 63.2 Å². The molecule has 0 aliphatic heterocycles. The van der Waals surface area contributed by atoms with Gasteiger partial charge in [-0.15, -0.1) is 0 Å². The maximum atomic E-state index is 11.7. The number of nitrogens with one attached hydrogen (secondary N) is 2. The fourth-order valence-electron chi connectivity index (χ4n) is 1.98. The molecule has 0 bridgehead atoms. The van der Waals surface area contributed by atoms with Crippen molar-refractivity contribution in [2.24, 2.45) is 5.92 Å². The summed E-state index contributed by atoms with van der Waals surface area (Å²) in [5.74, 6) is 1.78. The Labute approximate surface area is 123 Å². The zero-order valence-electron chi connectivity index (χ0n) is 11.8. The fourth-order valence-corrected chi connectivity index (χ4v) is 1.98. The van der Waals surface area contributed by atoms with E-state index in [-0.39, 0.29) is 11.8 Å². The maximum absolute atomic E-state index is 11.7. The molecule has 5 nitrogen and oxygen atoms in total. The third-order valence-electron chi connectivity index (χ3n) is 3.32. The predicted octanol–water partition coefficient (Wildman–Crippen LogP) is 3.18. The second-order valence-corrected chi connectivity index (χ2v) is 5.05. The smallest absolute Gasteiger partial charge is 0.227 e. The lowest BCUT2D eigenvalue weighted by molar-refractivity contribution is -0.117. The zero-order chi connectivity index (χ0) is 14.7. The number of pyridine rings is 1. The van der Waals surface area contributed by atoms with Crippen LogP contribution in [0.4, 0.5) is 17.2 Å². The monoisotopic (exact) mass is 283 g/mol. The van der Waals surface area contributed by atoms with Gasteiger partial charge >= 0.3 is 0 Å². The van der Waals surface area contributed by atoms with E-state index in [9.17, 15) is 4.79 Å². The number of aromatic nitrogens is 1. The van der Waals surface area contributed by atoms with E-state index in [1.807, 2.05) is 36.4 Å². The van der Waals surface area contributed by atoms with Gasteiger partial charge in [0.2, 0.25) is 5.91 Å². The Hall–Kier alpha value is -2.56. The first-order valence-corrected chi connectivity index (χ1v) is 6.92. The number of amides is 1. The predicted molar refractivity (Wildman–Crippen MR) is 81.9 cm³/mol. The summed E-state index contributed by atoms with van der Waals surface area (Å²) >= 11 is 0. The summed E-state index contributed by atoms with van der Waals surface area (Å²) in [7, 11) is 1.63. The van der Waals surface area contributed by atoms with Gasteiger partial charge in [-0.1, -0.05) is 6.07 Å². The Morgan fingerprint density at radius 2 is 2.10 bits per heavy atom. The van der Waals surface area contributed by atoms with Crippen molar-refractivity contribution in [2.45, 2.75) is 12.8 Å². The van der Waals surface area contributed by atoms with Gasteiger partial charge in [-0.2, -0.15) is 0 Å². The molecule has 5 heteroatoms. The molecule has 108 valence electrons. The highest BCUT2D eigenvalue weighted by atomic mass is 16.5. The lowest BCUT2D eigenvalue weighted by atomic mass is 10.3. The van der Waals surface area contributed by atoms with Gasteiger partial charge in [0.25, 0.3) is 0 Å². The van der Waals surface area contributed by atoms with E-state index in [0.717, 1.165) is 30.0 Å². The van der Waals surface area contributed by atoms with E-state index >= 15 is 0 Å². The summed E-state index contributed by atoms with van der Waals surface area (Å²) < 4.78 is 5.18. The quantitative estimate of drug-likeness (QED) is 0.884. The number of benzene rings is 1. The minimum atomic E-state index is 0.0882. The second-order valence-electron chi connectivity index (χ2n) is 5.05. The molecule has 0 spiro atoms. The van der Waals surface area contributed by atoms with Crippen molar-refractivity contribution in [3.63, 3.8) is 0 Å². The summed E-state index contributed by atoms with van der Waals surface area (Å²) in [6.45, 7) is 0. The van der Waals surface area contributed by atoms with E-state index in [1.54, 1.807) is 13.3 Å². The molecule has 1 aliphatic carbocycles. The molecular weight excluding hydrogens is 266 g/mol. The van der Waals surface area contributed by atoms with E-state index in [1.165, 1.54) is 0 Å². The maximum Gasteiger partial charge on any atom is 0.227 e. The molecule has 1 aromatic carbocycles. The lowest BCUT2D eigenvalue weighted by Gasteiger charge is -2.08. The summed E-state index contributed by atoms with van der Waals surface area (Å²) in [5, 5.41) is 6.05. The Morgan fingerprint density at radius 3 is 2.76 bits per heavy atom. The van der Waals surface area contributed by atoms with Crippen molar-refractivity contribution >= 4 is 23.1 Å². The number of carbonyl (C=O) groups excluding carboxylic acids is 1. The average molecular weight is 283 g/mol. The van der Waals surface area contributed by atoms with Crippen molar-refractivity contribution in [1.82, 2.24) is 4.98 Å². The molecule has 2 aromatic rings. The van der Waals surface area contributed by atoms with Gasteiger partial charge in [0.05, 0.1) is 19.0 Å². The van der Waals surface area contributed by atoms with Crippen LogP contribution in [0.15, 0.2) is 42.6 Å². The molecule has 2 N–H and O–H groups in total. The van der Waals surface area contributed by atoms with Gasteiger partial charge in [0, 0.05) is 17.7 Å². The first-order valence-electron chi connectivity index (χ1n) is 6.92. The van der Waals surface area contributed by atoms with Gasteiger partial charge in [0.1, 0.15) is 11.6 Å². The molecule has 0 radical (unpaired) electrons. The molecule has 21 heavy (non-hydrogen) atoms. The number of nitrogens with zero attached hydrogens (tertiary/aromatic N) is 1. The Kier molecular flexibility index (Phi) is 3.73. The Bertz CT molecular complexity index is 636. The summed E-state index contributed by atoms with van der Waals surface area (Å²) in [6.07, 6.45) is 3.65. The van der Waals surface area contributed by atoms with Crippen LogP contribution in [0.3, 0.4) is 0 Å². The van der Waals surface area contributed by atoms with Crippen LogP contribution in [0.5, 0.6) is 5.75 Å². The highest BCUT2D eigenvalue weighted by Crippen LogP contribution is 2.30. The van der Waals surface area contributed by atoms with Crippen LogP contribution < -0.4 is 15.4 Å². The molecule has 1 amide bonds. The number of carbonyl (C=O) groups is 1. The number of methoxy groups -OCH3 is 1. The van der Waals surface area contributed by atoms with Crippen molar-refractivity contribution in [3.05, 3.63) is 42.6 Å². The van der Waals surface area contributed by atoms with E-state index in [4.69, 9.17) is 4.74 Å². The number of hydrogen-bond acceptors (Lipinski definition) is 4. The van der Waals surface area contributed by atoms with E-state index in [2.05, 4.69) is 15.6 Å². The molecular formula is C16H17N3O2. The standard InChI is InChI=1S/C16H17N3O2/c1-21-14-4-2-3-12(9-14)18-15-8-7-13(10-17-15)19-16(20)11-5-6-11/h2-4,7-11H,5-6H2,1H3,(H,17,18)(H,19,20). The zero-order valence-corrected chi connectivity index (χ0v) is 11.8. The molecule has 1 aromatic heterocycles. The van der Waals surface area contributed by atoms with Crippen LogP contribution in [-0.4, -0.2) is 18.0 Å². The van der Waals surface area contributed by atoms with Crippen LogP contribution in [-0.2, 0) is 4.79 Å². The third kappa shape index (κ3) is 3.51. The molecule has 0 unspecified atom stereocenters.